The van der Waals surface area contributed by atoms with E-state index in [9.17, 15) is 14.4 Å². The number of amides is 2. The van der Waals surface area contributed by atoms with Crippen molar-refractivity contribution in [2.75, 3.05) is 0 Å². The third-order valence-corrected chi connectivity index (χ3v) is 3.07. The summed E-state index contributed by atoms with van der Waals surface area (Å²) in [5, 5.41) is 1.97. The molecule has 1 aliphatic rings. The van der Waals surface area contributed by atoms with Crippen LogP contribution in [-0.4, -0.2) is 27.8 Å². The van der Waals surface area contributed by atoms with Gasteiger partial charge in [-0.2, -0.15) is 0 Å². The highest BCUT2D eigenvalue weighted by Crippen LogP contribution is 2.20. The maximum atomic E-state index is 12.1. The summed E-state index contributed by atoms with van der Waals surface area (Å²) in [6.07, 6.45) is 3.12. The number of imide groups is 1. The molecule has 1 aliphatic heterocycles. The predicted molar refractivity (Wildman–Crippen MR) is 68.2 cm³/mol. The topological polar surface area (TPSA) is 76.6 Å². The fourth-order valence-electron chi connectivity index (χ4n) is 2.07. The normalized spacial score (nSPS) is 14.9. The van der Waals surface area contributed by atoms with Gasteiger partial charge in [-0.05, 0) is 5.39 Å². The van der Waals surface area contributed by atoms with Crippen molar-refractivity contribution in [3.05, 3.63) is 42.2 Å². The number of fused-ring (bicyclic) bond motifs is 1. The first-order valence-electron chi connectivity index (χ1n) is 6.07. The SMILES string of the molecule is O=C(ON1C(=O)CCC1=O)c1cncc2ccccc12. The van der Waals surface area contributed by atoms with Crippen LogP contribution >= 0.6 is 0 Å². The summed E-state index contributed by atoms with van der Waals surface area (Å²) in [6.45, 7) is 0. The molecule has 1 aromatic heterocycles. The minimum absolute atomic E-state index is 0.0693. The van der Waals surface area contributed by atoms with Gasteiger partial charge in [0.2, 0.25) is 0 Å². The van der Waals surface area contributed by atoms with Crippen molar-refractivity contribution in [2.24, 2.45) is 0 Å². The third kappa shape index (κ3) is 2.01. The Hall–Kier alpha value is -2.76. The fourth-order valence-corrected chi connectivity index (χ4v) is 2.07. The Morgan fingerprint density at radius 3 is 2.55 bits per heavy atom. The Kier molecular flexibility index (Phi) is 2.90. The van der Waals surface area contributed by atoms with Crippen LogP contribution < -0.4 is 0 Å². The van der Waals surface area contributed by atoms with Gasteiger partial charge in [0.25, 0.3) is 11.8 Å². The van der Waals surface area contributed by atoms with Crippen molar-refractivity contribution in [3.63, 3.8) is 0 Å². The van der Waals surface area contributed by atoms with E-state index < -0.39 is 17.8 Å². The molecule has 3 rings (SSSR count). The lowest BCUT2D eigenvalue weighted by Gasteiger charge is -2.13. The molecule has 0 aliphatic carbocycles. The zero-order chi connectivity index (χ0) is 14.1. The molecule has 0 radical (unpaired) electrons. The lowest BCUT2D eigenvalue weighted by atomic mass is 10.1. The maximum absolute atomic E-state index is 12.1. The number of aromatic nitrogens is 1. The summed E-state index contributed by atoms with van der Waals surface area (Å²) in [4.78, 5) is 43.8. The van der Waals surface area contributed by atoms with Crippen LogP contribution in [0.15, 0.2) is 36.7 Å². The molecule has 0 spiro atoms. The van der Waals surface area contributed by atoms with E-state index in [0.29, 0.717) is 10.4 Å². The Morgan fingerprint density at radius 2 is 1.80 bits per heavy atom. The van der Waals surface area contributed by atoms with Crippen molar-refractivity contribution < 1.29 is 19.2 Å². The van der Waals surface area contributed by atoms with Crippen molar-refractivity contribution >= 4 is 28.6 Å². The van der Waals surface area contributed by atoms with Gasteiger partial charge in [-0.25, -0.2) is 4.79 Å². The second-order valence-electron chi connectivity index (χ2n) is 4.37. The van der Waals surface area contributed by atoms with E-state index in [2.05, 4.69) is 4.98 Å². The van der Waals surface area contributed by atoms with E-state index in [1.54, 1.807) is 18.3 Å². The zero-order valence-corrected chi connectivity index (χ0v) is 10.4. The molecule has 6 nitrogen and oxygen atoms in total. The van der Waals surface area contributed by atoms with E-state index in [1.165, 1.54) is 6.20 Å². The van der Waals surface area contributed by atoms with Crippen LogP contribution in [-0.2, 0) is 14.4 Å². The van der Waals surface area contributed by atoms with Crippen molar-refractivity contribution in [3.8, 4) is 0 Å². The lowest BCUT2D eigenvalue weighted by Crippen LogP contribution is -2.32. The van der Waals surface area contributed by atoms with Crippen LogP contribution in [0, 0.1) is 0 Å². The maximum Gasteiger partial charge on any atom is 0.366 e. The second kappa shape index (κ2) is 4.73. The summed E-state index contributed by atoms with van der Waals surface area (Å²) < 4.78 is 0. The van der Waals surface area contributed by atoms with E-state index in [4.69, 9.17) is 4.84 Å². The number of hydrogen-bond donors (Lipinski definition) is 0. The van der Waals surface area contributed by atoms with Crippen molar-refractivity contribution in [2.45, 2.75) is 12.8 Å². The average Bonchev–Trinajstić information content (AvgIpc) is 2.78. The number of hydroxylamine groups is 2. The number of benzene rings is 1. The molecule has 0 bridgehead atoms. The quantitative estimate of drug-likeness (QED) is 0.772. The van der Waals surface area contributed by atoms with Gasteiger partial charge in [0.1, 0.15) is 0 Å². The first kappa shape index (κ1) is 12.3. The standard InChI is InChI=1S/C14H10N2O4/c17-12-5-6-13(18)16(12)20-14(19)11-8-15-7-9-3-1-2-4-10(9)11/h1-4,7-8H,5-6H2. The number of rotatable bonds is 2. The molecule has 0 atom stereocenters. The zero-order valence-electron chi connectivity index (χ0n) is 10.4. The molecule has 0 N–H and O–H groups in total. The van der Waals surface area contributed by atoms with Gasteiger partial charge in [0.15, 0.2) is 0 Å². The first-order chi connectivity index (χ1) is 9.66. The lowest BCUT2D eigenvalue weighted by molar-refractivity contribution is -0.172. The molecular formula is C14H10N2O4. The molecule has 0 saturated carbocycles. The van der Waals surface area contributed by atoms with E-state index in [1.807, 2.05) is 12.1 Å². The Morgan fingerprint density at radius 1 is 1.10 bits per heavy atom. The summed E-state index contributed by atoms with van der Waals surface area (Å²) in [5.41, 5.74) is 0.218. The highest BCUT2D eigenvalue weighted by atomic mass is 16.7. The molecular weight excluding hydrogens is 260 g/mol. The second-order valence-corrected chi connectivity index (χ2v) is 4.37. The average molecular weight is 270 g/mol. The minimum Gasteiger partial charge on any atom is -0.325 e. The molecule has 2 amide bonds. The van der Waals surface area contributed by atoms with Crippen molar-refractivity contribution in [1.29, 1.82) is 0 Å². The fraction of sp³-hybridized carbons (Fsp3) is 0.143. The number of hydrogen-bond acceptors (Lipinski definition) is 5. The van der Waals surface area contributed by atoms with Crippen LogP contribution in [0.4, 0.5) is 0 Å². The summed E-state index contributed by atoms with van der Waals surface area (Å²) in [7, 11) is 0. The predicted octanol–water partition coefficient (Wildman–Crippen LogP) is 1.46. The highest BCUT2D eigenvalue weighted by molar-refractivity contribution is 6.06. The highest BCUT2D eigenvalue weighted by Gasteiger charge is 2.33. The summed E-state index contributed by atoms with van der Waals surface area (Å²) >= 11 is 0. The largest absolute Gasteiger partial charge is 0.366 e. The number of carbonyl (C=O) groups excluding carboxylic acids is 3. The molecule has 1 aromatic carbocycles. The Labute approximate surface area is 113 Å². The smallest absolute Gasteiger partial charge is 0.325 e. The van der Waals surface area contributed by atoms with Gasteiger partial charge in [0.05, 0.1) is 5.56 Å². The first-order valence-corrected chi connectivity index (χ1v) is 6.07. The Bertz CT molecular complexity index is 705. The van der Waals surface area contributed by atoms with Crippen LogP contribution in [0.2, 0.25) is 0 Å². The van der Waals surface area contributed by atoms with Crippen LogP contribution in [0.3, 0.4) is 0 Å². The van der Waals surface area contributed by atoms with Crippen LogP contribution in [0.25, 0.3) is 10.8 Å². The molecule has 2 aromatic rings. The molecule has 1 saturated heterocycles. The van der Waals surface area contributed by atoms with Gasteiger partial charge < -0.3 is 4.84 Å². The van der Waals surface area contributed by atoms with Gasteiger partial charge in [-0.15, -0.1) is 5.06 Å². The molecule has 20 heavy (non-hydrogen) atoms. The number of pyridine rings is 1. The van der Waals surface area contributed by atoms with Crippen LogP contribution in [0.1, 0.15) is 23.2 Å². The molecule has 100 valence electrons. The van der Waals surface area contributed by atoms with Crippen molar-refractivity contribution in [1.82, 2.24) is 10.0 Å². The van der Waals surface area contributed by atoms with Gasteiger partial charge in [-0.1, -0.05) is 24.3 Å². The molecule has 1 fully saturated rings. The number of nitrogens with zero attached hydrogens (tertiary/aromatic N) is 2. The van der Waals surface area contributed by atoms with Crippen LogP contribution in [0.5, 0.6) is 0 Å². The third-order valence-electron chi connectivity index (χ3n) is 3.07. The Balaban J connectivity index is 1.93. The molecule has 6 heteroatoms. The summed E-state index contributed by atoms with van der Waals surface area (Å²) in [5.74, 6) is -1.77. The van der Waals surface area contributed by atoms with Gasteiger partial charge >= 0.3 is 5.97 Å². The minimum atomic E-state index is -0.766. The molecule has 2 heterocycles. The monoisotopic (exact) mass is 270 g/mol. The molecule has 0 unspecified atom stereocenters. The van der Waals surface area contributed by atoms with Gasteiger partial charge in [-0.3, -0.25) is 14.6 Å². The number of carbonyl (C=O) groups is 3. The van der Waals surface area contributed by atoms with Gasteiger partial charge in [0, 0.05) is 30.6 Å². The van der Waals surface area contributed by atoms with E-state index in [0.717, 1.165) is 5.39 Å². The van der Waals surface area contributed by atoms with E-state index >= 15 is 0 Å². The summed E-state index contributed by atoms with van der Waals surface area (Å²) in [6, 6.07) is 7.17. The van der Waals surface area contributed by atoms with E-state index in [-0.39, 0.29) is 18.4 Å².